The van der Waals surface area contributed by atoms with Crippen molar-refractivity contribution >= 4 is 29.0 Å². The third-order valence-electron chi connectivity index (χ3n) is 4.14. The van der Waals surface area contributed by atoms with Crippen molar-refractivity contribution in [3.8, 4) is 11.3 Å². The topological polar surface area (TPSA) is 70.2 Å². The number of hydrogen-bond donors (Lipinski definition) is 2. The van der Waals surface area contributed by atoms with E-state index in [0.717, 1.165) is 55.4 Å². The fourth-order valence-electron chi connectivity index (χ4n) is 2.88. The standard InChI is InChI=1S/C15H18N4O2S2/c20-14(16-2-3-19-4-6-21-7-5-19)13-11-9-23-15-10(1-8-22-15)12(11)17-18-13/h1,8H,2-7,9H2,(H,16,20)(H,17,18). The van der Waals surface area contributed by atoms with Crippen LogP contribution in [0.5, 0.6) is 0 Å². The Kier molecular flexibility index (Phi) is 4.39. The van der Waals surface area contributed by atoms with Crippen molar-refractivity contribution in [1.29, 1.82) is 0 Å². The normalized spacial score (nSPS) is 17.6. The minimum Gasteiger partial charge on any atom is -0.379 e. The molecule has 8 heteroatoms. The van der Waals surface area contributed by atoms with Gasteiger partial charge in [-0.15, -0.1) is 23.1 Å². The molecule has 6 nitrogen and oxygen atoms in total. The predicted octanol–water partition coefficient (Wildman–Crippen LogP) is 1.81. The lowest BCUT2D eigenvalue weighted by molar-refractivity contribution is 0.0383. The number of aromatic amines is 1. The zero-order valence-electron chi connectivity index (χ0n) is 12.6. The molecule has 0 spiro atoms. The molecule has 4 rings (SSSR count). The molecule has 0 radical (unpaired) electrons. The first-order chi connectivity index (χ1) is 11.3. The van der Waals surface area contributed by atoms with Crippen LogP contribution in [0.4, 0.5) is 0 Å². The molecule has 0 unspecified atom stereocenters. The lowest BCUT2D eigenvalue weighted by atomic mass is 10.1. The van der Waals surface area contributed by atoms with Crippen LogP contribution in [0.15, 0.2) is 15.7 Å². The number of H-pyrrole nitrogens is 1. The molecule has 2 aromatic rings. The molecular formula is C15H18N4O2S2. The fourth-order valence-corrected chi connectivity index (χ4v) is 4.99. The second kappa shape index (κ2) is 6.64. The number of nitrogens with zero attached hydrogens (tertiary/aromatic N) is 2. The zero-order valence-corrected chi connectivity index (χ0v) is 14.3. The average Bonchev–Trinajstić information content (AvgIpc) is 3.21. The van der Waals surface area contributed by atoms with Crippen LogP contribution >= 0.6 is 23.1 Å². The van der Waals surface area contributed by atoms with Gasteiger partial charge in [0, 0.05) is 43.1 Å². The fraction of sp³-hybridized carbons (Fsp3) is 0.467. The van der Waals surface area contributed by atoms with Crippen molar-refractivity contribution in [2.45, 2.75) is 9.96 Å². The number of morpholine rings is 1. The van der Waals surface area contributed by atoms with Gasteiger partial charge in [0.05, 0.1) is 23.1 Å². The van der Waals surface area contributed by atoms with Crippen LogP contribution in [0.1, 0.15) is 16.1 Å². The Morgan fingerprint density at radius 3 is 3.17 bits per heavy atom. The maximum absolute atomic E-state index is 12.4. The summed E-state index contributed by atoms with van der Waals surface area (Å²) in [5.41, 5.74) is 3.69. The number of amides is 1. The molecular weight excluding hydrogens is 332 g/mol. The molecule has 1 fully saturated rings. The van der Waals surface area contributed by atoms with Crippen molar-refractivity contribution in [3.63, 3.8) is 0 Å². The van der Waals surface area contributed by atoms with E-state index in [9.17, 15) is 4.79 Å². The predicted molar refractivity (Wildman–Crippen MR) is 91.1 cm³/mol. The Labute approximate surface area is 142 Å². The van der Waals surface area contributed by atoms with Gasteiger partial charge in [-0.2, -0.15) is 5.10 Å². The van der Waals surface area contributed by atoms with Gasteiger partial charge < -0.3 is 10.1 Å². The summed E-state index contributed by atoms with van der Waals surface area (Å²) in [7, 11) is 0. The Hall–Kier alpha value is -1.35. The van der Waals surface area contributed by atoms with Crippen LogP contribution < -0.4 is 5.32 Å². The molecule has 2 N–H and O–H groups in total. The molecule has 2 aromatic heterocycles. The van der Waals surface area contributed by atoms with Crippen LogP contribution in [0.3, 0.4) is 0 Å². The highest BCUT2D eigenvalue weighted by Crippen LogP contribution is 2.44. The Balaban J connectivity index is 1.40. The second-order valence-electron chi connectivity index (χ2n) is 5.55. The summed E-state index contributed by atoms with van der Waals surface area (Å²) in [4.78, 5) is 14.7. The van der Waals surface area contributed by atoms with E-state index in [1.54, 1.807) is 23.1 Å². The maximum atomic E-state index is 12.4. The molecule has 122 valence electrons. The smallest absolute Gasteiger partial charge is 0.269 e. The van der Waals surface area contributed by atoms with E-state index >= 15 is 0 Å². The maximum Gasteiger partial charge on any atom is 0.269 e. The van der Waals surface area contributed by atoms with Gasteiger partial charge >= 0.3 is 0 Å². The van der Waals surface area contributed by atoms with Crippen LogP contribution in [-0.2, 0) is 10.5 Å². The monoisotopic (exact) mass is 350 g/mol. The summed E-state index contributed by atoms with van der Waals surface area (Å²) in [6.45, 7) is 4.93. The highest BCUT2D eigenvalue weighted by molar-refractivity contribution is 8.00. The van der Waals surface area contributed by atoms with Gasteiger partial charge in [0.25, 0.3) is 5.91 Å². The molecule has 4 heterocycles. The third-order valence-corrected chi connectivity index (χ3v) is 6.41. The first-order valence-electron chi connectivity index (χ1n) is 7.69. The number of carbonyl (C=O) groups excluding carboxylic acids is 1. The van der Waals surface area contributed by atoms with Crippen LogP contribution in [0, 0.1) is 0 Å². The van der Waals surface area contributed by atoms with E-state index in [-0.39, 0.29) is 5.91 Å². The van der Waals surface area contributed by atoms with Crippen molar-refractivity contribution in [1.82, 2.24) is 20.4 Å². The molecule has 0 atom stereocenters. The van der Waals surface area contributed by atoms with E-state index < -0.39 is 0 Å². The van der Waals surface area contributed by atoms with Gasteiger partial charge in [0.2, 0.25) is 0 Å². The molecule has 0 aliphatic carbocycles. The van der Waals surface area contributed by atoms with E-state index in [2.05, 4.69) is 31.9 Å². The Morgan fingerprint density at radius 1 is 1.43 bits per heavy atom. The van der Waals surface area contributed by atoms with Crippen molar-refractivity contribution in [3.05, 3.63) is 22.7 Å². The number of thiophene rings is 1. The number of ether oxygens (including phenoxy) is 1. The first kappa shape index (κ1) is 15.2. The molecule has 23 heavy (non-hydrogen) atoms. The van der Waals surface area contributed by atoms with Gasteiger partial charge in [0.1, 0.15) is 5.69 Å². The number of fused-ring (bicyclic) bond motifs is 3. The first-order valence-corrected chi connectivity index (χ1v) is 9.55. The lowest BCUT2D eigenvalue weighted by Crippen LogP contribution is -2.41. The van der Waals surface area contributed by atoms with Crippen molar-refractivity contribution in [2.75, 3.05) is 39.4 Å². The quantitative estimate of drug-likeness (QED) is 0.880. The van der Waals surface area contributed by atoms with Crippen molar-refractivity contribution in [2.24, 2.45) is 0 Å². The summed E-state index contributed by atoms with van der Waals surface area (Å²) in [6, 6.07) is 2.08. The number of nitrogens with one attached hydrogen (secondary N) is 2. The molecule has 1 saturated heterocycles. The summed E-state index contributed by atoms with van der Waals surface area (Å²) >= 11 is 3.51. The van der Waals surface area contributed by atoms with E-state index in [1.165, 1.54) is 4.21 Å². The van der Waals surface area contributed by atoms with Crippen LogP contribution in [0.2, 0.25) is 0 Å². The molecule has 2 aliphatic rings. The number of carbonyl (C=O) groups is 1. The summed E-state index contributed by atoms with van der Waals surface area (Å²) in [6.07, 6.45) is 0. The second-order valence-corrected chi connectivity index (χ2v) is 7.71. The summed E-state index contributed by atoms with van der Waals surface area (Å²) in [5, 5.41) is 12.4. The molecule has 1 amide bonds. The van der Waals surface area contributed by atoms with Crippen molar-refractivity contribution < 1.29 is 9.53 Å². The number of hydrogen-bond acceptors (Lipinski definition) is 6. The number of thioether (sulfide) groups is 1. The van der Waals surface area contributed by atoms with E-state index in [4.69, 9.17) is 4.74 Å². The van der Waals surface area contributed by atoms with E-state index in [0.29, 0.717) is 12.2 Å². The average molecular weight is 350 g/mol. The third kappa shape index (κ3) is 3.03. The summed E-state index contributed by atoms with van der Waals surface area (Å²) in [5.74, 6) is 0.734. The zero-order chi connectivity index (χ0) is 15.6. The number of aromatic nitrogens is 2. The largest absolute Gasteiger partial charge is 0.379 e. The Bertz CT molecular complexity index is 706. The number of rotatable bonds is 4. The molecule has 0 saturated carbocycles. The Morgan fingerprint density at radius 2 is 2.30 bits per heavy atom. The van der Waals surface area contributed by atoms with E-state index in [1.807, 2.05) is 0 Å². The molecule has 0 aromatic carbocycles. The lowest BCUT2D eigenvalue weighted by Gasteiger charge is -2.26. The summed E-state index contributed by atoms with van der Waals surface area (Å²) < 4.78 is 6.61. The van der Waals surface area contributed by atoms with Gasteiger partial charge in [-0.1, -0.05) is 0 Å². The van der Waals surface area contributed by atoms with Gasteiger partial charge in [-0.3, -0.25) is 14.8 Å². The highest BCUT2D eigenvalue weighted by Gasteiger charge is 2.26. The minimum absolute atomic E-state index is 0.0636. The highest BCUT2D eigenvalue weighted by atomic mass is 32.2. The van der Waals surface area contributed by atoms with Gasteiger partial charge in [0.15, 0.2) is 0 Å². The van der Waals surface area contributed by atoms with Gasteiger partial charge in [-0.05, 0) is 11.4 Å². The molecule has 0 bridgehead atoms. The SMILES string of the molecule is O=C(NCCN1CCOCC1)c1[nH]nc2c1CSc1sccc1-2. The van der Waals surface area contributed by atoms with Gasteiger partial charge in [-0.25, -0.2) is 0 Å². The van der Waals surface area contributed by atoms with Crippen LogP contribution in [0.25, 0.3) is 11.3 Å². The van der Waals surface area contributed by atoms with Crippen LogP contribution in [-0.4, -0.2) is 60.4 Å². The minimum atomic E-state index is -0.0636. The molecule has 2 aliphatic heterocycles.